The molecule has 1 aliphatic carbocycles. The van der Waals surface area contributed by atoms with E-state index in [2.05, 4.69) is 31.2 Å². The zero-order valence-corrected chi connectivity index (χ0v) is 8.96. The maximum atomic E-state index is 10.4. The smallest absolute Gasteiger partial charge is 0.0713 e. The Labute approximate surface area is 85.8 Å². The number of hydrogen-bond donors (Lipinski definition) is 1. The lowest BCUT2D eigenvalue weighted by Crippen LogP contribution is -2.42. The van der Waals surface area contributed by atoms with Gasteiger partial charge in [0.25, 0.3) is 0 Å². The van der Waals surface area contributed by atoms with Gasteiger partial charge in [0, 0.05) is 5.41 Å². The summed E-state index contributed by atoms with van der Waals surface area (Å²) in [5, 5.41) is 10.4. The minimum atomic E-state index is -0.547. The summed E-state index contributed by atoms with van der Waals surface area (Å²) < 4.78 is 0. The molecule has 0 amide bonds. The van der Waals surface area contributed by atoms with Crippen molar-refractivity contribution in [2.24, 2.45) is 0 Å². The van der Waals surface area contributed by atoms with Crippen LogP contribution in [0.3, 0.4) is 0 Å². The number of aliphatic hydroxyl groups is 1. The van der Waals surface area contributed by atoms with Gasteiger partial charge in [-0.3, -0.25) is 0 Å². The van der Waals surface area contributed by atoms with Crippen LogP contribution in [0.25, 0.3) is 0 Å². The van der Waals surface area contributed by atoms with Crippen molar-refractivity contribution in [1.82, 2.24) is 0 Å². The van der Waals surface area contributed by atoms with Crippen molar-refractivity contribution in [1.29, 1.82) is 0 Å². The molecule has 0 bridgehead atoms. The summed E-state index contributed by atoms with van der Waals surface area (Å²) in [7, 11) is 0. The predicted octanol–water partition coefficient (Wildman–Crippen LogP) is 2.88. The van der Waals surface area contributed by atoms with E-state index >= 15 is 0 Å². The van der Waals surface area contributed by atoms with E-state index in [1.54, 1.807) is 0 Å². The van der Waals surface area contributed by atoms with Gasteiger partial charge < -0.3 is 5.11 Å². The Kier molecular flexibility index (Phi) is 2.15. The molecule has 1 N–H and O–H groups in total. The van der Waals surface area contributed by atoms with Crippen LogP contribution >= 0.6 is 0 Å². The average molecular weight is 190 g/mol. The van der Waals surface area contributed by atoms with Crippen molar-refractivity contribution >= 4 is 0 Å². The van der Waals surface area contributed by atoms with Crippen molar-refractivity contribution in [3.8, 4) is 0 Å². The van der Waals surface area contributed by atoms with Crippen molar-refractivity contribution in [3.63, 3.8) is 0 Å². The van der Waals surface area contributed by atoms with Crippen LogP contribution in [0, 0.1) is 0 Å². The third kappa shape index (κ3) is 1.27. The highest BCUT2D eigenvalue weighted by atomic mass is 16.3. The van der Waals surface area contributed by atoms with Gasteiger partial charge in [0.15, 0.2) is 0 Å². The lowest BCUT2D eigenvalue weighted by molar-refractivity contribution is 0.00691. The van der Waals surface area contributed by atoms with Gasteiger partial charge in [-0.15, -0.1) is 0 Å². The van der Waals surface area contributed by atoms with E-state index in [1.807, 2.05) is 13.0 Å². The highest BCUT2D eigenvalue weighted by molar-refractivity contribution is 5.30. The van der Waals surface area contributed by atoms with Crippen LogP contribution in [-0.4, -0.2) is 10.7 Å². The maximum absolute atomic E-state index is 10.4. The fourth-order valence-electron chi connectivity index (χ4n) is 2.59. The molecule has 1 aromatic rings. The van der Waals surface area contributed by atoms with Crippen LogP contribution in [0.15, 0.2) is 30.3 Å². The van der Waals surface area contributed by atoms with Crippen molar-refractivity contribution in [3.05, 3.63) is 35.9 Å². The van der Waals surface area contributed by atoms with E-state index in [0.717, 1.165) is 19.3 Å². The second-order valence-electron chi connectivity index (χ2n) is 4.83. The minimum Gasteiger partial charge on any atom is -0.389 e. The molecule has 0 radical (unpaired) electrons. The van der Waals surface area contributed by atoms with E-state index in [9.17, 15) is 5.11 Å². The topological polar surface area (TPSA) is 20.2 Å². The van der Waals surface area contributed by atoms with Gasteiger partial charge in [-0.1, -0.05) is 37.3 Å². The lowest BCUT2D eigenvalue weighted by Gasteiger charge is -2.37. The molecule has 2 rings (SSSR count). The molecule has 0 saturated heterocycles. The first-order valence-electron chi connectivity index (χ1n) is 5.34. The van der Waals surface area contributed by atoms with E-state index in [-0.39, 0.29) is 5.41 Å². The largest absolute Gasteiger partial charge is 0.389 e. The van der Waals surface area contributed by atoms with E-state index in [1.165, 1.54) is 5.56 Å². The van der Waals surface area contributed by atoms with E-state index < -0.39 is 5.60 Å². The molecule has 0 heterocycles. The molecule has 1 heteroatoms. The SMILES string of the molecule is CC1(O)CCCC1(C)c1ccccc1. The zero-order valence-electron chi connectivity index (χ0n) is 8.96. The molecule has 14 heavy (non-hydrogen) atoms. The van der Waals surface area contributed by atoms with Gasteiger partial charge in [0.05, 0.1) is 5.60 Å². The summed E-state index contributed by atoms with van der Waals surface area (Å²) in [6.45, 7) is 4.14. The second kappa shape index (κ2) is 3.09. The van der Waals surface area contributed by atoms with Crippen molar-refractivity contribution in [2.45, 2.75) is 44.1 Å². The Balaban J connectivity index is 2.42. The lowest BCUT2D eigenvalue weighted by atomic mass is 9.72. The van der Waals surface area contributed by atoms with Gasteiger partial charge in [-0.25, -0.2) is 0 Å². The Bertz CT molecular complexity index is 315. The average Bonchev–Trinajstić information content (AvgIpc) is 2.44. The first-order valence-corrected chi connectivity index (χ1v) is 5.34. The van der Waals surface area contributed by atoms with Crippen molar-refractivity contribution < 1.29 is 5.11 Å². The van der Waals surface area contributed by atoms with Gasteiger partial charge in [-0.05, 0) is 31.7 Å². The van der Waals surface area contributed by atoms with Crippen molar-refractivity contribution in [2.75, 3.05) is 0 Å². The summed E-state index contributed by atoms with van der Waals surface area (Å²) in [5.41, 5.74) is 0.658. The molecule has 2 unspecified atom stereocenters. The molecule has 0 spiro atoms. The van der Waals surface area contributed by atoms with Crippen LogP contribution in [-0.2, 0) is 5.41 Å². The molecule has 1 fully saturated rings. The normalized spacial score (nSPS) is 37.4. The molecule has 2 atom stereocenters. The fourth-order valence-corrected chi connectivity index (χ4v) is 2.59. The zero-order chi connectivity index (χ0) is 10.2. The molecule has 1 saturated carbocycles. The van der Waals surface area contributed by atoms with Crippen LogP contribution in [0.4, 0.5) is 0 Å². The van der Waals surface area contributed by atoms with Crippen LogP contribution in [0.1, 0.15) is 38.7 Å². The Hall–Kier alpha value is -0.820. The summed E-state index contributed by atoms with van der Waals surface area (Å²) in [4.78, 5) is 0. The molecule has 76 valence electrons. The first kappa shape index (κ1) is 9.72. The highest BCUT2D eigenvalue weighted by Crippen LogP contribution is 2.47. The molecular formula is C13H18O. The number of benzene rings is 1. The van der Waals surface area contributed by atoms with E-state index in [0.29, 0.717) is 0 Å². The molecule has 1 aromatic carbocycles. The summed E-state index contributed by atoms with van der Waals surface area (Å²) in [5.74, 6) is 0. The molecular weight excluding hydrogens is 172 g/mol. The quantitative estimate of drug-likeness (QED) is 0.722. The Morgan fingerprint density at radius 2 is 1.71 bits per heavy atom. The van der Waals surface area contributed by atoms with E-state index in [4.69, 9.17) is 0 Å². The summed E-state index contributed by atoms with van der Waals surface area (Å²) in [6, 6.07) is 10.4. The summed E-state index contributed by atoms with van der Waals surface area (Å²) >= 11 is 0. The molecule has 0 aliphatic heterocycles. The minimum absolute atomic E-state index is 0.0613. The van der Waals surface area contributed by atoms with Gasteiger partial charge >= 0.3 is 0 Å². The van der Waals surface area contributed by atoms with Gasteiger partial charge in [-0.2, -0.15) is 0 Å². The maximum Gasteiger partial charge on any atom is 0.0713 e. The van der Waals surface area contributed by atoms with Crippen LogP contribution in [0.5, 0.6) is 0 Å². The predicted molar refractivity (Wildman–Crippen MR) is 58.3 cm³/mol. The fraction of sp³-hybridized carbons (Fsp3) is 0.538. The molecule has 0 aromatic heterocycles. The molecule has 1 nitrogen and oxygen atoms in total. The van der Waals surface area contributed by atoms with Gasteiger partial charge in [0.1, 0.15) is 0 Å². The first-order chi connectivity index (χ1) is 6.56. The third-order valence-corrected chi connectivity index (χ3v) is 3.94. The third-order valence-electron chi connectivity index (χ3n) is 3.94. The monoisotopic (exact) mass is 190 g/mol. The Morgan fingerprint density at radius 1 is 1.07 bits per heavy atom. The molecule has 1 aliphatic rings. The standard InChI is InChI=1S/C13H18O/c1-12(9-6-10-13(12,2)14)11-7-4-3-5-8-11/h3-5,7-8,14H,6,9-10H2,1-2H3. The summed E-state index contributed by atoms with van der Waals surface area (Å²) in [6.07, 6.45) is 3.13. The second-order valence-corrected chi connectivity index (χ2v) is 4.83. The highest BCUT2D eigenvalue weighted by Gasteiger charge is 2.48. The number of hydrogen-bond acceptors (Lipinski definition) is 1. The van der Waals surface area contributed by atoms with Gasteiger partial charge in [0.2, 0.25) is 0 Å². The Morgan fingerprint density at radius 3 is 2.21 bits per heavy atom. The van der Waals surface area contributed by atoms with Crippen LogP contribution < -0.4 is 0 Å². The van der Waals surface area contributed by atoms with Crippen LogP contribution in [0.2, 0.25) is 0 Å². The number of rotatable bonds is 1.